The number of hydrogen-bond donors (Lipinski definition) is 2. The van der Waals surface area contributed by atoms with E-state index in [0.29, 0.717) is 0 Å². The standard InChI is InChI=1S/C31H20O3/c32-23-9-11-25-20(16-23)7-13-27-30(25)29(22-6-5-18-3-1-2-4-19(18)15-22)31-26-12-10-24(33)17-21(26)8-14-28(31)34-27/h1-17,29,32-33H. The number of benzene rings is 6. The van der Waals surface area contributed by atoms with Crippen molar-refractivity contribution in [2.45, 2.75) is 5.92 Å². The first-order chi connectivity index (χ1) is 16.7. The van der Waals surface area contributed by atoms with Gasteiger partial charge in [0.2, 0.25) is 0 Å². The molecule has 1 aliphatic heterocycles. The number of ether oxygens (including phenoxy) is 1. The summed E-state index contributed by atoms with van der Waals surface area (Å²) in [5, 5.41) is 26.6. The highest BCUT2D eigenvalue weighted by Gasteiger charge is 2.32. The highest BCUT2D eigenvalue weighted by Crippen LogP contribution is 2.52. The summed E-state index contributed by atoms with van der Waals surface area (Å²) in [6.07, 6.45) is 0. The molecular formula is C31H20O3. The lowest BCUT2D eigenvalue weighted by molar-refractivity contribution is 0.455. The lowest BCUT2D eigenvalue weighted by Gasteiger charge is -2.31. The van der Waals surface area contributed by atoms with Crippen molar-refractivity contribution in [1.82, 2.24) is 0 Å². The summed E-state index contributed by atoms with van der Waals surface area (Å²) in [5.74, 6) is 2.05. The summed E-state index contributed by atoms with van der Waals surface area (Å²) in [6.45, 7) is 0. The van der Waals surface area contributed by atoms with Crippen LogP contribution in [0.5, 0.6) is 23.0 Å². The van der Waals surface area contributed by atoms with Gasteiger partial charge in [0.05, 0.1) is 0 Å². The van der Waals surface area contributed by atoms with Crippen molar-refractivity contribution < 1.29 is 14.9 Å². The SMILES string of the molecule is Oc1ccc2c3c(ccc2c1)Oc1ccc2cc(O)ccc2c1C3c1ccc2ccccc2c1. The van der Waals surface area contributed by atoms with E-state index in [1.165, 1.54) is 16.3 Å². The lowest BCUT2D eigenvalue weighted by Crippen LogP contribution is -2.13. The third-order valence-electron chi connectivity index (χ3n) is 6.91. The number of rotatable bonds is 1. The van der Waals surface area contributed by atoms with E-state index in [9.17, 15) is 10.2 Å². The molecule has 3 nitrogen and oxygen atoms in total. The van der Waals surface area contributed by atoms with Crippen LogP contribution in [0.15, 0.2) is 103 Å². The topological polar surface area (TPSA) is 49.7 Å². The van der Waals surface area contributed by atoms with E-state index < -0.39 is 0 Å². The minimum atomic E-state index is -0.0789. The second-order valence-electron chi connectivity index (χ2n) is 8.91. The summed E-state index contributed by atoms with van der Waals surface area (Å²) >= 11 is 0. The Kier molecular flexibility index (Phi) is 3.91. The van der Waals surface area contributed by atoms with Gasteiger partial charge < -0.3 is 14.9 Å². The fourth-order valence-corrected chi connectivity index (χ4v) is 5.40. The van der Waals surface area contributed by atoms with Gasteiger partial charge in [0.15, 0.2) is 0 Å². The summed E-state index contributed by atoms with van der Waals surface area (Å²) in [6, 6.07) is 34.0. The van der Waals surface area contributed by atoms with Crippen molar-refractivity contribution in [2.75, 3.05) is 0 Å². The first kappa shape index (κ1) is 19.0. The average molecular weight is 440 g/mol. The van der Waals surface area contributed by atoms with Crippen LogP contribution in [-0.2, 0) is 0 Å². The van der Waals surface area contributed by atoms with Crippen LogP contribution in [0.3, 0.4) is 0 Å². The Morgan fingerprint density at radius 1 is 0.500 bits per heavy atom. The highest BCUT2D eigenvalue weighted by molar-refractivity contribution is 5.96. The molecule has 0 atom stereocenters. The molecule has 1 aliphatic rings. The molecule has 7 rings (SSSR count). The summed E-state index contributed by atoms with van der Waals surface area (Å²) < 4.78 is 6.47. The number of fused-ring (bicyclic) bond motifs is 7. The second-order valence-corrected chi connectivity index (χ2v) is 8.91. The second kappa shape index (κ2) is 7.00. The van der Waals surface area contributed by atoms with Gasteiger partial charge in [-0.15, -0.1) is 0 Å². The zero-order valence-corrected chi connectivity index (χ0v) is 18.2. The molecule has 0 saturated carbocycles. The Balaban J connectivity index is 1.61. The summed E-state index contributed by atoms with van der Waals surface area (Å²) in [7, 11) is 0. The molecule has 3 heteroatoms. The van der Waals surface area contributed by atoms with Gasteiger partial charge in [0.1, 0.15) is 23.0 Å². The molecule has 1 heterocycles. The van der Waals surface area contributed by atoms with E-state index in [0.717, 1.165) is 44.2 Å². The maximum absolute atomic E-state index is 10.1. The van der Waals surface area contributed by atoms with Crippen molar-refractivity contribution in [3.8, 4) is 23.0 Å². The Hall–Kier alpha value is -4.50. The van der Waals surface area contributed by atoms with Crippen molar-refractivity contribution in [1.29, 1.82) is 0 Å². The largest absolute Gasteiger partial charge is 0.508 e. The number of hydrogen-bond acceptors (Lipinski definition) is 3. The molecule has 0 amide bonds. The van der Waals surface area contributed by atoms with Crippen LogP contribution < -0.4 is 4.74 Å². The summed E-state index contributed by atoms with van der Waals surface area (Å²) in [4.78, 5) is 0. The van der Waals surface area contributed by atoms with Gasteiger partial charge in [-0.3, -0.25) is 0 Å². The van der Waals surface area contributed by atoms with E-state index >= 15 is 0 Å². The Labute approximate surface area is 196 Å². The van der Waals surface area contributed by atoms with Crippen LogP contribution in [0.1, 0.15) is 22.6 Å². The Morgan fingerprint density at radius 2 is 1.06 bits per heavy atom. The van der Waals surface area contributed by atoms with Crippen LogP contribution in [0.4, 0.5) is 0 Å². The molecule has 34 heavy (non-hydrogen) atoms. The Morgan fingerprint density at radius 3 is 1.68 bits per heavy atom. The van der Waals surface area contributed by atoms with Gasteiger partial charge in [-0.25, -0.2) is 0 Å². The minimum Gasteiger partial charge on any atom is -0.508 e. The summed E-state index contributed by atoms with van der Waals surface area (Å²) in [5.41, 5.74) is 3.34. The molecule has 0 unspecified atom stereocenters. The zero-order valence-electron chi connectivity index (χ0n) is 18.2. The normalized spacial score (nSPS) is 13.1. The van der Waals surface area contributed by atoms with Gasteiger partial charge in [-0.2, -0.15) is 0 Å². The van der Waals surface area contributed by atoms with Crippen LogP contribution >= 0.6 is 0 Å². The van der Waals surface area contributed by atoms with Crippen molar-refractivity contribution in [3.63, 3.8) is 0 Å². The Bertz CT molecular complexity index is 1680. The fourth-order valence-electron chi connectivity index (χ4n) is 5.40. The molecule has 0 radical (unpaired) electrons. The van der Waals surface area contributed by atoms with E-state index in [4.69, 9.17) is 4.74 Å². The van der Waals surface area contributed by atoms with E-state index in [-0.39, 0.29) is 17.4 Å². The lowest BCUT2D eigenvalue weighted by atomic mass is 9.78. The number of aromatic hydroxyl groups is 2. The van der Waals surface area contributed by atoms with Crippen molar-refractivity contribution in [3.05, 3.63) is 120 Å². The molecule has 6 aromatic rings. The third-order valence-corrected chi connectivity index (χ3v) is 6.91. The van der Waals surface area contributed by atoms with Crippen molar-refractivity contribution >= 4 is 32.3 Å². The maximum atomic E-state index is 10.1. The molecule has 0 bridgehead atoms. The molecule has 0 saturated heterocycles. The molecular weight excluding hydrogens is 420 g/mol. The van der Waals surface area contributed by atoms with Gasteiger partial charge in [-0.05, 0) is 74.3 Å². The molecule has 0 aromatic heterocycles. The zero-order chi connectivity index (χ0) is 22.8. The van der Waals surface area contributed by atoms with Crippen LogP contribution in [0.2, 0.25) is 0 Å². The maximum Gasteiger partial charge on any atom is 0.132 e. The molecule has 6 aromatic carbocycles. The van der Waals surface area contributed by atoms with Crippen LogP contribution in [0, 0.1) is 0 Å². The van der Waals surface area contributed by atoms with Crippen LogP contribution in [0.25, 0.3) is 32.3 Å². The van der Waals surface area contributed by atoms with Crippen molar-refractivity contribution in [2.24, 2.45) is 0 Å². The monoisotopic (exact) mass is 440 g/mol. The van der Waals surface area contributed by atoms with Gasteiger partial charge in [0, 0.05) is 17.0 Å². The van der Waals surface area contributed by atoms with E-state index in [1.54, 1.807) is 24.3 Å². The van der Waals surface area contributed by atoms with Gasteiger partial charge in [0.25, 0.3) is 0 Å². The van der Waals surface area contributed by atoms with Crippen LogP contribution in [-0.4, -0.2) is 10.2 Å². The molecule has 0 fully saturated rings. The number of phenols is 2. The molecule has 2 N–H and O–H groups in total. The molecule has 0 spiro atoms. The number of phenolic OH excluding ortho intramolecular Hbond substituents is 2. The average Bonchev–Trinajstić information content (AvgIpc) is 2.86. The van der Waals surface area contributed by atoms with E-state index in [2.05, 4.69) is 42.5 Å². The van der Waals surface area contributed by atoms with Gasteiger partial charge >= 0.3 is 0 Å². The highest BCUT2D eigenvalue weighted by atomic mass is 16.5. The predicted molar refractivity (Wildman–Crippen MR) is 136 cm³/mol. The first-order valence-electron chi connectivity index (χ1n) is 11.3. The molecule has 162 valence electrons. The quantitative estimate of drug-likeness (QED) is 0.273. The first-order valence-corrected chi connectivity index (χ1v) is 11.3. The van der Waals surface area contributed by atoms with Gasteiger partial charge in [-0.1, -0.05) is 66.7 Å². The van der Waals surface area contributed by atoms with E-state index in [1.807, 2.05) is 36.4 Å². The predicted octanol–water partition coefficient (Wildman–Crippen LogP) is 7.84. The smallest absolute Gasteiger partial charge is 0.132 e. The third kappa shape index (κ3) is 2.77. The fraction of sp³-hybridized carbons (Fsp3) is 0.0323. The minimum absolute atomic E-state index is 0.0789. The molecule has 0 aliphatic carbocycles.